The molecule has 4 heteroatoms. The second-order valence-electron chi connectivity index (χ2n) is 2.21. The average Bonchev–Trinajstić information content (AvgIpc) is 2.27. The summed E-state index contributed by atoms with van der Waals surface area (Å²) in [5.41, 5.74) is 1.24. The molecule has 0 aliphatic rings. The summed E-state index contributed by atoms with van der Waals surface area (Å²) in [6.45, 7) is 1.77. The number of aryl methyl sites for hydroxylation is 1. The Morgan fingerprint density at radius 2 is 2.36 bits per heavy atom. The van der Waals surface area contributed by atoms with Crippen LogP contribution < -0.4 is 0 Å². The Balaban J connectivity index is 2.82. The molecule has 0 atom stereocenters. The molecule has 2 heterocycles. The van der Waals surface area contributed by atoms with Crippen LogP contribution in [0.15, 0.2) is 16.7 Å². The van der Waals surface area contributed by atoms with E-state index in [4.69, 9.17) is 16.0 Å². The van der Waals surface area contributed by atoms with Crippen LogP contribution in [0.25, 0.3) is 11.2 Å². The molecule has 0 saturated carbocycles. The first-order chi connectivity index (χ1) is 5.25. The first-order valence-electron chi connectivity index (χ1n) is 3.14. The average molecular weight is 169 g/mol. The lowest BCUT2D eigenvalue weighted by Crippen LogP contribution is -1.72. The predicted octanol–water partition coefficient (Wildman–Crippen LogP) is 2.18. The molecule has 0 fully saturated rings. The van der Waals surface area contributed by atoms with E-state index in [-0.39, 0.29) is 0 Å². The lowest BCUT2D eigenvalue weighted by atomic mass is 10.4. The fourth-order valence-electron chi connectivity index (χ4n) is 0.907. The summed E-state index contributed by atoms with van der Waals surface area (Å²) < 4.78 is 5.14. The molecule has 0 spiro atoms. The van der Waals surface area contributed by atoms with Crippen LogP contribution in [0.2, 0.25) is 5.02 Å². The van der Waals surface area contributed by atoms with E-state index in [2.05, 4.69) is 9.97 Å². The highest BCUT2D eigenvalue weighted by Gasteiger charge is 2.02. The van der Waals surface area contributed by atoms with Gasteiger partial charge in [0.25, 0.3) is 0 Å². The van der Waals surface area contributed by atoms with Gasteiger partial charge in [-0.05, 0) is 6.07 Å². The maximum Gasteiger partial charge on any atom is 0.247 e. The van der Waals surface area contributed by atoms with Gasteiger partial charge < -0.3 is 4.42 Å². The second kappa shape index (κ2) is 2.20. The molecule has 2 aromatic rings. The molecule has 3 nitrogen and oxygen atoms in total. The lowest BCUT2D eigenvalue weighted by molar-refractivity contribution is 0.551. The molecule has 0 unspecified atom stereocenters. The van der Waals surface area contributed by atoms with Crippen LogP contribution in [0.5, 0.6) is 0 Å². The lowest BCUT2D eigenvalue weighted by Gasteiger charge is -1.84. The van der Waals surface area contributed by atoms with Gasteiger partial charge in [-0.3, -0.25) is 0 Å². The minimum atomic E-state index is 0.534. The van der Waals surface area contributed by atoms with Crippen molar-refractivity contribution in [2.24, 2.45) is 0 Å². The normalized spacial score (nSPS) is 10.7. The minimum Gasteiger partial charge on any atom is -0.423 e. The number of oxazole rings is 1. The smallest absolute Gasteiger partial charge is 0.247 e. The van der Waals surface area contributed by atoms with Crippen molar-refractivity contribution in [2.75, 3.05) is 0 Å². The van der Waals surface area contributed by atoms with Gasteiger partial charge in [0.05, 0.1) is 5.02 Å². The molecule has 0 bridgehead atoms. The standard InChI is InChI=1S/C7H5ClN2O/c1-4-10-6-2-5(8)3-9-7(6)11-4/h2-3H,1H3. The van der Waals surface area contributed by atoms with Crippen LogP contribution >= 0.6 is 11.6 Å². The molecule has 0 aliphatic heterocycles. The fraction of sp³-hybridized carbons (Fsp3) is 0.143. The molecule has 0 aliphatic carbocycles. The van der Waals surface area contributed by atoms with Gasteiger partial charge in [0.2, 0.25) is 5.71 Å². The summed E-state index contributed by atoms with van der Waals surface area (Å²) >= 11 is 5.68. The molecular weight excluding hydrogens is 164 g/mol. The SMILES string of the molecule is Cc1nc2cc(Cl)cnc2o1. The third kappa shape index (κ3) is 1.07. The van der Waals surface area contributed by atoms with Gasteiger partial charge in [-0.1, -0.05) is 11.6 Å². The molecule has 0 radical (unpaired) electrons. The van der Waals surface area contributed by atoms with E-state index in [0.717, 1.165) is 0 Å². The number of pyridine rings is 1. The topological polar surface area (TPSA) is 38.9 Å². The van der Waals surface area contributed by atoms with Crippen molar-refractivity contribution in [2.45, 2.75) is 6.92 Å². The summed E-state index contributed by atoms with van der Waals surface area (Å²) in [4.78, 5) is 8.00. The summed E-state index contributed by atoms with van der Waals surface area (Å²) in [5.74, 6) is 0.606. The quantitative estimate of drug-likeness (QED) is 0.605. The Labute approximate surface area is 68.0 Å². The minimum absolute atomic E-state index is 0.534. The van der Waals surface area contributed by atoms with Gasteiger partial charge in [-0.2, -0.15) is 0 Å². The van der Waals surface area contributed by atoms with Crippen molar-refractivity contribution in [1.29, 1.82) is 0 Å². The first kappa shape index (κ1) is 6.61. The van der Waals surface area contributed by atoms with Crippen molar-refractivity contribution in [1.82, 2.24) is 9.97 Å². The Kier molecular flexibility index (Phi) is 1.32. The van der Waals surface area contributed by atoms with Gasteiger partial charge >= 0.3 is 0 Å². The van der Waals surface area contributed by atoms with Crippen molar-refractivity contribution in [3.05, 3.63) is 23.2 Å². The van der Waals surface area contributed by atoms with Crippen molar-refractivity contribution in [3.8, 4) is 0 Å². The van der Waals surface area contributed by atoms with Crippen molar-refractivity contribution >= 4 is 22.8 Å². The van der Waals surface area contributed by atoms with Crippen molar-refractivity contribution < 1.29 is 4.42 Å². The number of aromatic nitrogens is 2. The Morgan fingerprint density at radius 3 is 3.18 bits per heavy atom. The highest BCUT2D eigenvalue weighted by molar-refractivity contribution is 6.30. The highest BCUT2D eigenvalue weighted by Crippen LogP contribution is 2.16. The number of hydrogen-bond donors (Lipinski definition) is 0. The van der Waals surface area contributed by atoms with Crippen LogP contribution in [-0.4, -0.2) is 9.97 Å². The second-order valence-corrected chi connectivity index (χ2v) is 2.65. The van der Waals surface area contributed by atoms with Crippen LogP contribution in [0.4, 0.5) is 0 Å². The zero-order valence-electron chi connectivity index (χ0n) is 5.84. The molecular formula is C7H5ClN2O. The molecule has 2 rings (SSSR count). The van der Waals surface area contributed by atoms with Gasteiger partial charge in [-0.25, -0.2) is 9.97 Å². The van der Waals surface area contributed by atoms with E-state index < -0.39 is 0 Å². The molecule has 0 amide bonds. The van der Waals surface area contributed by atoms with Gasteiger partial charge in [0, 0.05) is 13.1 Å². The first-order valence-corrected chi connectivity index (χ1v) is 3.52. The Morgan fingerprint density at radius 1 is 1.55 bits per heavy atom. The molecule has 0 aromatic carbocycles. The zero-order chi connectivity index (χ0) is 7.84. The van der Waals surface area contributed by atoms with E-state index >= 15 is 0 Å². The van der Waals surface area contributed by atoms with Crippen LogP contribution in [-0.2, 0) is 0 Å². The summed E-state index contributed by atoms with van der Waals surface area (Å²) in [5, 5.41) is 0.575. The largest absolute Gasteiger partial charge is 0.423 e. The van der Waals surface area contributed by atoms with Crippen LogP contribution in [0, 0.1) is 6.92 Å². The predicted molar refractivity (Wildman–Crippen MR) is 41.6 cm³/mol. The molecule has 2 aromatic heterocycles. The number of nitrogens with zero attached hydrogens (tertiary/aromatic N) is 2. The van der Waals surface area contributed by atoms with E-state index in [0.29, 0.717) is 22.1 Å². The monoisotopic (exact) mass is 168 g/mol. The van der Waals surface area contributed by atoms with Gasteiger partial charge in [-0.15, -0.1) is 0 Å². The summed E-state index contributed by atoms with van der Waals surface area (Å²) in [7, 11) is 0. The van der Waals surface area contributed by atoms with E-state index in [1.165, 1.54) is 6.20 Å². The summed E-state index contributed by atoms with van der Waals surface area (Å²) in [6, 6.07) is 1.72. The molecule has 0 saturated heterocycles. The zero-order valence-corrected chi connectivity index (χ0v) is 6.59. The highest BCUT2D eigenvalue weighted by atomic mass is 35.5. The van der Waals surface area contributed by atoms with Crippen LogP contribution in [0.3, 0.4) is 0 Å². The molecule has 56 valence electrons. The van der Waals surface area contributed by atoms with Gasteiger partial charge in [0.15, 0.2) is 5.89 Å². The number of hydrogen-bond acceptors (Lipinski definition) is 3. The fourth-order valence-corrected chi connectivity index (χ4v) is 1.06. The van der Waals surface area contributed by atoms with Crippen molar-refractivity contribution in [3.63, 3.8) is 0 Å². The van der Waals surface area contributed by atoms with E-state index in [1.54, 1.807) is 13.0 Å². The summed E-state index contributed by atoms with van der Waals surface area (Å²) in [6.07, 6.45) is 1.54. The maximum atomic E-state index is 5.68. The van der Waals surface area contributed by atoms with E-state index in [1.807, 2.05) is 0 Å². The van der Waals surface area contributed by atoms with Gasteiger partial charge in [0.1, 0.15) is 5.52 Å². The Hall–Kier alpha value is -1.09. The Bertz CT molecular complexity index is 396. The molecule has 0 N–H and O–H groups in total. The third-order valence-corrected chi connectivity index (χ3v) is 1.53. The molecule has 11 heavy (non-hydrogen) atoms. The third-order valence-electron chi connectivity index (χ3n) is 1.32. The van der Waals surface area contributed by atoms with Crippen LogP contribution in [0.1, 0.15) is 5.89 Å². The maximum absolute atomic E-state index is 5.68. The number of halogens is 1. The van der Waals surface area contributed by atoms with E-state index in [9.17, 15) is 0 Å². The number of fused-ring (bicyclic) bond motifs is 1. The number of rotatable bonds is 0.